The zero-order valence-electron chi connectivity index (χ0n) is 24.6. The van der Waals surface area contributed by atoms with Crippen LogP contribution in [0.25, 0.3) is 0 Å². The Hall–Kier alpha value is -2.80. The van der Waals surface area contributed by atoms with E-state index in [9.17, 15) is 22.8 Å². The van der Waals surface area contributed by atoms with Gasteiger partial charge in [0.2, 0.25) is 10.0 Å². The monoisotopic (exact) mass is 616 g/mol. The predicted molar refractivity (Wildman–Crippen MR) is 161 cm³/mol. The van der Waals surface area contributed by atoms with Gasteiger partial charge in [-0.1, -0.05) is 0 Å². The molecule has 2 amide bonds. The second-order valence-electron chi connectivity index (χ2n) is 11.5. The summed E-state index contributed by atoms with van der Waals surface area (Å²) in [6.07, 6.45) is 3.89. The van der Waals surface area contributed by atoms with Crippen LogP contribution < -0.4 is 5.32 Å². The van der Waals surface area contributed by atoms with Gasteiger partial charge >= 0.3 is 5.97 Å². The summed E-state index contributed by atoms with van der Waals surface area (Å²) < 4.78 is 33.1. The molecule has 0 bridgehead atoms. The number of carbonyl (C=O) groups is 3. The smallest absolute Gasteiger partial charge is 0.310 e. The fourth-order valence-electron chi connectivity index (χ4n) is 5.97. The highest BCUT2D eigenvalue weighted by atomic mass is 32.2. The first-order chi connectivity index (χ1) is 20.1. The molecule has 2 aromatic rings. The molecule has 42 heavy (non-hydrogen) atoms. The number of anilines is 1. The van der Waals surface area contributed by atoms with Gasteiger partial charge in [-0.05, 0) is 82.7 Å². The molecule has 3 aliphatic rings. The lowest BCUT2D eigenvalue weighted by atomic mass is 10.0. The highest BCUT2D eigenvalue weighted by Gasteiger charge is 2.35. The molecule has 1 aromatic carbocycles. The van der Waals surface area contributed by atoms with Gasteiger partial charge in [0.1, 0.15) is 5.00 Å². The van der Waals surface area contributed by atoms with E-state index < -0.39 is 21.8 Å². The van der Waals surface area contributed by atoms with Gasteiger partial charge in [-0.3, -0.25) is 19.3 Å². The molecule has 2 saturated heterocycles. The van der Waals surface area contributed by atoms with Crippen LogP contribution in [0.15, 0.2) is 29.2 Å². The SMILES string of the molecule is CCOC(=O)C1CCCN(S(=O)(=O)c2ccc(C(=O)Nc3sc4c(c3C(=O)N3CCCC3)CCN(C(C)C)C4)cc2)C1. The summed E-state index contributed by atoms with van der Waals surface area (Å²) in [4.78, 5) is 44.6. The Labute approximate surface area is 252 Å². The number of carbonyl (C=O) groups excluding carboxylic acids is 3. The van der Waals surface area contributed by atoms with Gasteiger partial charge in [0, 0.05) is 55.8 Å². The average Bonchev–Trinajstić information content (AvgIpc) is 3.65. The molecule has 0 spiro atoms. The lowest BCUT2D eigenvalue weighted by molar-refractivity contribution is -0.149. The Kier molecular flexibility index (Phi) is 9.36. The third kappa shape index (κ3) is 6.27. The van der Waals surface area contributed by atoms with E-state index in [0.29, 0.717) is 41.6 Å². The topological polar surface area (TPSA) is 116 Å². The van der Waals surface area contributed by atoms with Crippen LogP contribution in [0.2, 0.25) is 0 Å². The van der Waals surface area contributed by atoms with E-state index in [0.717, 1.165) is 55.9 Å². The number of esters is 1. The van der Waals surface area contributed by atoms with Crippen LogP contribution in [0.3, 0.4) is 0 Å². The predicted octanol–water partition coefficient (Wildman–Crippen LogP) is 3.97. The maximum Gasteiger partial charge on any atom is 0.310 e. The number of hydrogen-bond acceptors (Lipinski definition) is 8. The van der Waals surface area contributed by atoms with E-state index in [4.69, 9.17) is 4.74 Å². The standard InChI is InChI=1S/C30H40N4O6S2/c1-4-40-30(37)22-8-7-16-34(18-22)42(38,39)23-11-9-21(10-12-23)27(35)31-28-26(29(36)32-14-5-6-15-32)24-13-17-33(20(2)3)19-25(24)41-28/h9-12,20,22H,4-8,13-19H2,1-3H3,(H,31,35). The highest BCUT2D eigenvalue weighted by Crippen LogP contribution is 2.39. The third-order valence-corrected chi connectivity index (χ3v) is 11.4. The molecule has 12 heteroatoms. The van der Waals surface area contributed by atoms with E-state index in [1.807, 2.05) is 4.90 Å². The minimum atomic E-state index is -3.85. The molecular formula is C30H40N4O6S2. The second-order valence-corrected chi connectivity index (χ2v) is 14.5. The molecule has 0 saturated carbocycles. The Bertz CT molecular complexity index is 1430. The molecule has 0 aliphatic carbocycles. The van der Waals surface area contributed by atoms with Gasteiger partial charge in [0.15, 0.2) is 0 Å². The van der Waals surface area contributed by atoms with E-state index in [-0.39, 0.29) is 29.9 Å². The van der Waals surface area contributed by atoms with Crippen molar-refractivity contribution in [3.8, 4) is 0 Å². The van der Waals surface area contributed by atoms with Gasteiger partial charge in [0.25, 0.3) is 11.8 Å². The summed E-state index contributed by atoms with van der Waals surface area (Å²) in [7, 11) is -3.85. The molecule has 1 N–H and O–H groups in total. The first-order valence-corrected chi connectivity index (χ1v) is 17.1. The Morgan fingerprint density at radius 3 is 2.43 bits per heavy atom. The van der Waals surface area contributed by atoms with Gasteiger partial charge in [-0.25, -0.2) is 8.42 Å². The van der Waals surface area contributed by atoms with Crippen LogP contribution >= 0.6 is 11.3 Å². The van der Waals surface area contributed by atoms with Crippen molar-refractivity contribution < 1.29 is 27.5 Å². The van der Waals surface area contributed by atoms with Gasteiger partial charge in [-0.15, -0.1) is 11.3 Å². The van der Waals surface area contributed by atoms with E-state index in [2.05, 4.69) is 24.1 Å². The normalized spacial score (nSPS) is 20.0. The first-order valence-electron chi connectivity index (χ1n) is 14.9. The second kappa shape index (κ2) is 12.8. The molecule has 1 aromatic heterocycles. The largest absolute Gasteiger partial charge is 0.466 e. The van der Waals surface area contributed by atoms with Gasteiger partial charge in [-0.2, -0.15) is 4.31 Å². The zero-order valence-corrected chi connectivity index (χ0v) is 26.2. The van der Waals surface area contributed by atoms with Crippen LogP contribution in [-0.4, -0.2) is 85.7 Å². The van der Waals surface area contributed by atoms with Crippen LogP contribution in [0, 0.1) is 5.92 Å². The Morgan fingerprint density at radius 2 is 1.76 bits per heavy atom. The van der Waals surface area contributed by atoms with Gasteiger partial charge < -0.3 is 15.0 Å². The maximum atomic E-state index is 13.6. The third-order valence-electron chi connectivity index (χ3n) is 8.41. The minimum absolute atomic E-state index is 0.0256. The van der Waals surface area contributed by atoms with Crippen molar-refractivity contribution in [3.63, 3.8) is 0 Å². The number of fused-ring (bicyclic) bond motifs is 1. The number of rotatable bonds is 8. The number of thiophene rings is 1. The first kappa shape index (κ1) is 30.7. The number of hydrogen-bond donors (Lipinski definition) is 1. The molecule has 1 atom stereocenters. The molecule has 1 unspecified atom stereocenters. The zero-order chi connectivity index (χ0) is 30.0. The molecule has 5 rings (SSSR count). The number of sulfonamides is 1. The number of ether oxygens (including phenoxy) is 1. The van der Waals surface area contributed by atoms with Crippen molar-refractivity contribution in [3.05, 3.63) is 45.8 Å². The summed E-state index contributed by atoms with van der Waals surface area (Å²) in [6, 6.07) is 6.21. The fourth-order valence-corrected chi connectivity index (χ4v) is 8.76. The lowest BCUT2D eigenvalue weighted by Crippen LogP contribution is -2.42. The molecule has 10 nitrogen and oxygen atoms in total. The quantitative estimate of drug-likeness (QED) is 0.447. The Morgan fingerprint density at radius 1 is 1.05 bits per heavy atom. The number of nitrogens with one attached hydrogen (secondary N) is 1. The summed E-state index contributed by atoms with van der Waals surface area (Å²) >= 11 is 1.46. The molecular weight excluding hydrogens is 576 g/mol. The number of amides is 2. The number of likely N-dealkylation sites (tertiary alicyclic amines) is 1. The minimum Gasteiger partial charge on any atom is -0.466 e. The molecule has 228 valence electrons. The van der Waals surface area contributed by atoms with Crippen molar-refractivity contribution >= 4 is 44.1 Å². The highest BCUT2D eigenvalue weighted by molar-refractivity contribution is 7.89. The Balaban J connectivity index is 1.34. The van der Waals surface area contributed by atoms with Crippen LogP contribution in [0.1, 0.15) is 77.6 Å². The van der Waals surface area contributed by atoms with Crippen molar-refractivity contribution in [2.75, 3.05) is 44.6 Å². The molecule has 2 fully saturated rings. The summed E-state index contributed by atoms with van der Waals surface area (Å²) in [5.41, 5.74) is 1.94. The molecule has 4 heterocycles. The lowest BCUT2D eigenvalue weighted by Gasteiger charge is -2.30. The van der Waals surface area contributed by atoms with E-state index in [1.165, 1.54) is 39.9 Å². The van der Waals surface area contributed by atoms with Crippen LogP contribution in [0.4, 0.5) is 5.00 Å². The fraction of sp³-hybridized carbons (Fsp3) is 0.567. The van der Waals surface area contributed by atoms with Gasteiger partial charge in [0.05, 0.1) is 23.0 Å². The molecule has 0 radical (unpaired) electrons. The van der Waals surface area contributed by atoms with Crippen molar-refractivity contribution in [2.45, 2.75) is 70.4 Å². The maximum absolute atomic E-state index is 13.6. The van der Waals surface area contributed by atoms with Crippen molar-refractivity contribution in [1.82, 2.24) is 14.1 Å². The average molecular weight is 617 g/mol. The summed E-state index contributed by atoms with van der Waals surface area (Å²) in [5, 5.41) is 3.54. The van der Waals surface area contributed by atoms with Crippen LogP contribution in [-0.2, 0) is 32.5 Å². The number of nitrogens with zero attached hydrogens (tertiary/aromatic N) is 3. The number of benzene rings is 1. The van der Waals surface area contributed by atoms with Crippen LogP contribution in [0.5, 0.6) is 0 Å². The summed E-state index contributed by atoms with van der Waals surface area (Å²) in [5.74, 6) is -1.28. The van der Waals surface area contributed by atoms with Crippen molar-refractivity contribution in [2.24, 2.45) is 5.92 Å². The van der Waals surface area contributed by atoms with Crippen molar-refractivity contribution in [1.29, 1.82) is 0 Å². The molecule has 3 aliphatic heterocycles. The van der Waals surface area contributed by atoms with E-state index in [1.54, 1.807) is 6.92 Å². The van der Waals surface area contributed by atoms with E-state index >= 15 is 0 Å². The summed E-state index contributed by atoms with van der Waals surface area (Å²) in [6.45, 7) is 9.76. The number of piperidine rings is 1.